The van der Waals surface area contributed by atoms with Gasteiger partial charge in [-0.25, -0.2) is 4.98 Å². The Hall–Kier alpha value is -1.21. The molecular weight excluding hydrogens is 254 g/mol. The van der Waals surface area contributed by atoms with Gasteiger partial charge in [0.1, 0.15) is 11.9 Å². The van der Waals surface area contributed by atoms with Crippen LogP contribution in [0, 0.1) is 11.3 Å². The fourth-order valence-electron chi connectivity index (χ4n) is 2.50. The Kier molecular flexibility index (Phi) is 4.71. The van der Waals surface area contributed by atoms with E-state index in [2.05, 4.69) is 31.2 Å². The predicted molar refractivity (Wildman–Crippen MR) is 81.8 cm³/mol. The first-order valence-corrected chi connectivity index (χ1v) is 8.21. The average Bonchev–Trinajstić information content (AvgIpc) is 2.89. The number of aryl methyl sites for hydroxylation is 2. The second-order valence-electron chi connectivity index (χ2n) is 5.17. The maximum Gasteiger partial charge on any atom is 0.146 e. The number of nitriles is 1. The number of pyridine rings is 1. The summed E-state index contributed by atoms with van der Waals surface area (Å²) >= 11 is 1.86. The Morgan fingerprint density at radius 2 is 2.32 bits per heavy atom. The van der Waals surface area contributed by atoms with E-state index in [1.807, 2.05) is 17.8 Å². The summed E-state index contributed by atoms with van der Waals surface area (Å²) in [5.74, 6) is 2.00. The predicted octanol–water partition coefficient (Wildman–Crippen LogP) is 3.02. The van der Waals surface area contributed by atoms with E-state index in [0.29, 0.717) is 6.04 Å². The van der Waals surface area contributed by atoms with Crippen LogP contribution in [0.15, 0.2) is 6.07 Å². The van der Waals surface area contributed by atoms with Crippen molar-refractivity contribution in [3.63, 3.8) is 0 Å². The molecule has 3 nitrogen and oxygen atoms in total. The van der Waals surface area contributed by atoms with Gasteiger partial charge in [0.2, 0.25) is 0 Å². The third kappa shape index (κ3) is 3.03. The van der Waals surface area contributed by atoms with Crippen molar-refractivity contribution in [2.75, 3.05) is 24.0 Å². The van der Waals surface area contributed by atoms with Crippen LogP contribution in [0.4, 0.5) is 5.82 Å². The highest BCUT2D eigenvalue weighted by Crippen LogP contribution is 2.27. The second-order valence-corrected chi connectivity index (χ2v) is 6.16. The summed E-state index contributed by atoms with van der Waals surface area (Å²) in [6, 6.07) is 4.76. The van der Waals surface area contributed by atoms with Gasteiger partial charge in [-0.05, 0) is 56.2 Å². The Morgan fingerprint density at radius 3 is 3.00 bits per heavy atom. The molecule has 1 atom stereocenters. The minimum absolute atomic E-state index is 0.409. The highest BCUT2D eigenvalue weighted by atomic mass is 32.2. The lowest BCUT2D eigenvalue weighted by Crippen LogP contribution is -2.31. The van der Waals surface area contributed by atoms with E-state index in [1.165, 1.54) is 17.7 Å². The van der Waals surface area contributed by atoms with E-state index in [1.54, 1.807) is 0 Å². The molecular formula is C15H21N3S. The first kappa shape index (κ1) is 14.2. The van der Waals surface area contributed by atoms with Gasteiger partial charge in [0.05, 0.1) is 5.56 Å². The quantitative estimate of drug-likeness (QED) is 0.828. The molecule has 19 heavy (non-hydrogen) atoms. The monoisotopic (exact) mass is 275 g/mol. The number of aromatic nitrogens is 1. The fourth-order valence-corrected chi connectivity index (χ4v) is 3.08. The molecule has 1 unspecified atom stereocenters. The molecule has 0 saturated carbocycles. The molecule has 0 spiro atoms. The van der Waals surface area contributed by atoms with Gasteiger partial charge in [0.15, 0.2) is 0 Å². The van der Waals surface area contributed by atoms with E-state index in [-0.39, 0.29) is 0 Å². The minimum Gasteiger partial charge on any atom is -0.356 e. The van der Waals surface area contributed by atoms with Crippen LogP contribution in [-0.4, -0.2) is 30.1 Å². The van der Waals surface area contributed by atoms with E-state index >= 15 is 0 Å². The Balaban J connectivity index is 2.26. The van der Waals surface area contributed by atoms with Crippen LogP contribution in [0.2, 0.25) is 0 Å². The molecule has 0 bridgehead atoms. The van der Waals surface area contributed by atoms with Crippen LogP contribution >= 0.6 is 11.8 Å². The van der Waals surface area contributed by atoms with E-state index in [4.69, 9.17) is 4.98 Å². The highest BCUT2D eigenvalue weighted by Gasteiger charge is 2.20. The Morgan fingerprint density at radius 1 is 1.53 bits per heavy atom. The van der Waals surface area contributed by atoms with E-state index < -0.39 is 0 Å². The van der Waals surface area contributed by atoms with Crippen molar-refractivity contribution in [3.05, 3.63) is 22.9 Å². The van der Waals surface area contributed by atoms with Crippen LogP contribution in [0.1, 0.15) is 36.6 Å². The summed E-state index contributed by atoms with van der Waals surface area (Å²) < 4.78 is 0. The molecule has 0 saturated heterocycles. The molecule has 0 radical (unpaired) electrons. The Bertz CT molecular complexity index is 493. The van der Waals surface area contributed by atoms with Gasteiger partial charge in [0.25, 0.3) is 0 Å². The number of fused-ring (bicyclic) bond motifs is 1. The summed E-state index contributed by atoms with van der Waals surface area (Å²) in [5.41, 5.74) is 3.18. The molecule has 1 heterocycles. The lowest BCUT2D eigenvalue weighted by Gasteiger charge is -2.27. The van der Waals surface area contributed by atoms with Crippen LogP contribution in [0.5, 0.6) is 0 Å². The van der Waals surface area contributed by atoms with E-state index in [9.17, 15) is 5.26 Å². The molecule has 1 aliphatic carbocycles. The molecule has 102 valence electrons. The van der Waals surface area contributed by atoms with E-state index in [0.717, 1.165) is 36.4 Å². The molecule has 0 fully saturated rings. The van der Waals surface area contributed by atoms with Gasteiger partial charge in [-0.3, -0.25) is 0 Å². The van der Waals surface area contributed by atoms with Gasteiger partial charge in [-0.15, -0.1) is 0 Å². The normalized spacial score (nSPS) is 14.8. The summed E-state index contributed by atoms with van der Waals surface area (Å²) in [6.07, 6.45) is 6.54. The van der Waals surface area contributed by atoms with Crippen molar-refractivity contribution in [2.45, 2.75) is 38.6 Å². The number of thioether (sulfide) groups is 1. The molecule has 0 N–H and O–H groups in total. The smallest absolute Gasteiger partial charge is 0.146 e. The zero-order chi connectivity index (χ0) is 13.8. The maximum atomic E-state index is 9.34. The first-order chi connectivity index (χ1) is 9.17. The molecule has 1 aromatic rings. The van der Waals surface area contributed by atoms with Crippen LogP contribution in [0.25, 0.3) is 0 Å². The summed E-state index contributed by atoms with van der Waals surface area (Å²) in [7, 11) is 2.05. The fraction of sp³-hybridized carbons (Fsp3) is 0.600. The van der Waals surface area contributed by atoms with Crippen molar-refractivity contribution >= 4 is 17.6 Å². The zero-order valence-corrected chi connectivity index (χ0v) is 12.8. The highest BCUT2D eigenvalue weighted by molar-refractivity contribution is 7.98. The summed E-state index contributed by atoms with van der Waals surface area (Å²) in [5, 5.41) is 9.34. The van der Waals surface area contributed by atoms with Crippen molar-refractivity contribution in [2.24, 2.45) is 0 Å². The molecule has 4 heteroatoms. The van der Waals surface area contributed by atoms with Gasteiger partial charge >= 0.3 is 0 Å². The third-order valence-corrected chi connectivity index (χ3v) is 4.53. The van der Waals surface area contributed by atoms with Gasteiger partial charge in [0, 0.05) is 18.8 Å². The number of nitrogens with zero attached hydrogens (tertiary/aromatic N) is 3. The molecule has 0 aliphatic heterocycles. The maximum absolute atomic E-state index is 9.34. The lowest BCUT2D eigenvalue weighted by molar-refractivity contribution is 0.660. The SMILES string of the molecule is CSCCC(C)N(C)c1nc2c(cc1C#N)CCC2. The van der Waals surface area contributed by atoms with Crippen LogP contribution in [0.3, 0.4) is 0 Å². The lowest BCUT2D eigenvalue weighted by atomic mass is 10.1. The number of hydrogen-bond donors (Lipinski definition) is 0. The van der Waals surface area contributed by atoms with Crippen molar-refractivity contribution in [1.29, 1.82) is 5.26 Å². The first-order valence-electron chi connectivity index (χ1n) is 6.82. The van der Waals surface area contributed by atoms with Gasteiger partial charge < -0.3 is 4.90 Å². The number of rotatable bonds is 5. The molecule has 1 aromatic heterocycles. The van der Waals surface area contributed by atoms with Crippen molar-refractivity contribution in [3.8, 4) is 6.07 Å². The van der Waals surface area contributed by atoms with Crippen molar-refractivity contribution in [1.82, 2.24) is 4.98 Å². The molecule has 0 aromatic carbocycles. The summed E-state index contributed by atoms with van der Waals surface area (Å²) in [4.78, 5) is 6.91. The molecule has 1 aliphatic rings. The summed E-state index contributed by atoms with van der Waals surface area (Å²) in [6.45, 7) is 2.20. The molecule has 2 rings (SSSR count). The minimum atomic E-state index is 0.409. The number of anilines is 1. The largest absolute Gasteiger partial charge is 0.356 e. The van der Waals surface area contributed by atoms with Crippen LogP contribution in [-0.2, 0) is 12.8 Å². The number of hydrogen-bond acceptors (Lipinski definition) is 4. The third-order valence-electron chi connectivity index (χ3n) is 3.89. The Labute approximate surface area is 120 Å². The zero-order valence-electron chi connectivity index (χ0n) is 11.9. The van der Waals surface area contributed by atoms with Gasteiger partial charge in [-0.1, -0.05) is 0 Å². The molecule has 0 amide bonds. The topological polar surface area (TPSA) is 39.9 Å². The second kappa shape index (κ2) is 6.29. The van der Waals surface area contributed by atoms with Gasteiger partial charge in [-0.2, -0.15) is 17.0 Å². The van der Waals surface area contributed by atoms with Crippen molar-refractivity contribution < 1.29 is 0 Å². The average molecular weight is 275 g/mol. The standard InChI is InChI=1S/C15H21N3S/c1-11(7-8-19-3)18(2)15-13(10-16)9-12-5-4-6-14(12)17-15/h9,11H,4-8H2,1-3H3. The van der Waals surface area contributed by atoms with Crippen LogP contribution < -0.4 is 4.90 Å².